The highest BCUT2D eigenvalue weighted by Gasteiger charge is 2.28. The van der Waals surface area contributed by atoms with Gasteiger partial charge in [-0.05, 0) is 36.4 Å². The summed E-state index contributed by atoms with van der Waals surface area (Å²) in [6.45, 7) is 1.56. The second-order valence-corrected chi connectivity index (χ2v) is 6.90. The Balaban J connectivity index is 1.63. The van der Waals surface area contributed by atoms with Crippen molar-refractivity contribution in [1.29, 1.82) is 0 Å². The molecule has 5 nitrogen and oxygen atoms in total. The minimum atomic E-state index is 0.142. The van der Waals surface area contributed by atoms with Gasteiger partial charge in [0, 0.05) is 37.6 Å². The van der Waals surface area contributed by atoms with Gasteiger partial charge in [0.25, 0.3) is 5.91 Å². The van der Waals surface area contributed by atoms with Crippen molar-refractivity contribution < 1.29 is 4.79 Å². The fourth-order valence-corrected chi connectivity index (χ4v) is 4.05. The van der Waals surface area contributed by atoms with Crippen molar-refractivity contribution in [3.05, 3.63) is 46.4 Å². The highest BCUT2D eigenvalue weighted by atomic mass is 32.1. The molecule has 1 aliphatic heterocycles. The van der Waals surface area contributed by atoms with E-state index < -0.39 is 0 Å². The van der Waals surface area contributed by atoms with Gasteiger partial charge in [-0.2, -0.15) is 5.10 Å². The van der Waals surface area contributed by atoms with Crippen molar-refractivity contribution in [3.63, 3.8) is 0 Å². The van der Waals surface area contributed by atoms with Gasteiger partial charge in [0.2, 0.25) is 0 Å². The highest BCUT2D eigenvalue weighted by Crippen LogP contribution is 2.31. The first-order valence-electron chi connectivity index (χ1n) is 7.84. The van der Waals surface area contributed by atoms with E-state index in [0.717, 1.165) is 47.5 Å². The van der Waals surface area contributed by atoms with Gasteiger partial charge in [0.05, 0.1) is 10.6 Å². The van der Waals surface area contributed by atoms with Gasteiger partial charge >= 0.3 is 0 Å². The molecule has 4 rings (SSSR count). The van der Waals surface area contributed by atoms with Gasteiger partial charge < -0.3 is 4.90 Å². The molecule has 0 spiro atoms. The number of amides is 1. The number of carbonyl (C=O) groups is 1. The van der Waals surface area contributed by atoms with Gasteiger partial charge in [-0.3, -0.25) is 9.48 Å². The number of pyridine rings is 1. The fraction of sp³-hybridized carbons (Fsp3) is 0.353. The summed E-state index contributed by atoms with van der Waals surface area (Å²) in [5.41, 5.74) is 1.98. The average Bonchev–Trinajstić information content (AvgIpc) is 3.23. The molecule has 118 valence electrons. The molecule has 1 atom stereocenters. The summed E-state index contributed by atoms with van der Waals surface area (Å²) < 4.78 is 1.84. The highest BCUT2D eigenvalue weighted by molar-refractivity contribution is 7.12. The number of aromatic nitrogens is 3. The number of aryl methyl sites for hydroxylation is 1. The molecule has 0 N–H and O–H groups in total. The van der Waals surface area contributed by atoms with Crippen LogP contribution in [0.3, 0.4) is 0 Å². The molecule has 6 heteroatoms. The van der Waals surface area contributed by atoms with Gasteiger partial charge in [-0.15, -0.1) is 11.3 Å². The molecular formula is C17H18N4OS. The van der Waals surface area contributed by atoms with Crippen molar-refractivity contribution in [1.82, 2.24) is 19.7 Å². The van der Waals surface area contributed by atoms with Crippen LogP contribution in [0.25, 0.3) is 11.0 Å². The normalized spacial score (nSPS) is 18.5. The lowest BCUT2D eigenvalue weighted by atomic mass is 9.93. The number of thiophene rings is 1. The number of likely N-dealkylation sites (tertiary alicyclic amines) is 1. The maximum atomic E-state index is 12.6. The van der Waals surface area contributed by atoms with E-state index in [1.54, 1.807) is 6.20 Å². The molecule has 3 aromatic heterocycles. The van der Waals surface area contributed by atoms with Crippen molar-refractivity contribution in [2.45, 2.75) is 18.8 Å². The third-order valence-corrected chi connectivity index (χ3v) is 5.31. The van der Waals surface area contributed by atoms with Crippen molar-refractivity contribution in [2.75, 3.05) is 13.1 Å². The van der Waals surface area contributed by atoms with Crippen LogP contribution >= 0.6 is 11.3 Å². The number of fused-ring (bicyclic) bond motifs is 1. The van der Waals surface area contributed by atoms with Crippen LogP contribution in [-0.4, -0.2) is 38.7 Å². The first-order valence-corrected chi connectivity index (χ1v) is 8.72. The molecule has 0 radical (unpaired) electrons. The Morgan fingerprint density at radius 2 is 2.26 bits per heavy atom. The summed E-state index contributed by atoms with van der Waals surface area (Å²) in [6, 6.07) is 7.85. The zero-order valence-electron chi connectivity index (χ0n) is 13.0. The lowest BCUT2D eigenvalue weighted by Crippen LogP contribution is -2.39. The van der Waals surface area contributed by atoms with Crippen LogP contribution < -0.4 is 0 Å². The number of rotatable bonds is 2. The monoisotopic (exact) mass is 326 g/mol. The zero-order valence-corrected chi connectivity index (χ0v) is 13.8. The van der Waals surface area contributed by atoms with E-state index in [-0.39, 0.29) is 11.8 Å². The first kappa shape index (κ1) is 14.4. The third-order valence-electron chi connectivity index (χ3n) is 4.45. The fourth-order valence-electron chi connectivity index (χ4n) is 3.36. The molecular weight excluding hydrogens is 308 g/mol. The van der Waals surface area contributed by atoms with Crippen LogP contribution in [0, 0.1) is 0 Å². The van der Waals surface area contributed by atoms with Crippen LogP contribution in [0.5, 0.6) is 0 Å². The second kappa shape index (κ2) is 5.77. The largest absolute Gasteiger partial charge is 0.337 e. The van der Waals surface area contributed by atoms with E-state index >= 15 is 0 Å². The molecule has 0 aromatic carbocycles. The van der Waals surface area contributed by atoms with E-state index in [4.69, 9.17) is 0 Å². The predicted octanol–water partition coefficient (Wildman–Crippen LogP) is 3.05. The number of hydrogen-bond donors (Lipinski definition) is 0. The Hall–Kier alpha value is -2.21. The Labute approximate surface area is 138 Å². The first-order chi connectivity index (χ1) is 11.2. The van der Waals surface area contributed by atoms with Crippen molar-refractivity contribution >= 4 is 28.3 Å². The molecule has 0 unspecified atom stereocenters. The van der Waals surface area contributed by atoms with E-state index in [1.165, 1.54) is 11.3 Å². The van der Waals surface area contributed by atoms with Gasteiger partial charge in [-0.25, -0.2) is 4.98 Å². The quantitative estimate of drug-likeness (QED) is 0.727. The number of nitrogens with zero attached hydrogens (tertiary/aromatic N) is 4. The molecule has 23 heavy (non-hydrogen) atoms. The van der Waals surface area contributed by atoms with Crippen molar-refractivity contribution in [2.24, 2.45) is 7.05 Å². The minimum Gasteiger partial charge on any atom is -0.337 e. The van der Waals surface area contributed by atoms with E-state index in [0.29, 0.717) is 0 Å². The van der Waals surface area contributed by atoms with Gasteiger partial charge in [0.15, 0.2) is 5.65 Å². The Morgan fingerprint density at radius 3 is 3.09 bits per heavy atom. The lowest BCUT2D eigenvalue weighted by Gasteiger charge is -2.31. The molecule has 1 fully saturated rings. The summed E-state index contributed by atoms with van der Waals surface area (Å²) in [5, 5.41) is 7.74. The second-order valence-electron chi connectivity index (χ2n) is 5.95. The molecule has 0 aliphatic carbocycles. The van der Waals surface area contributed by atoms with Crippen molar-refractivity contribution in [3.8, 4) is 0 Å². The third kappa shape index (κ3) is 2.53. The van der Waals surface area contributed by atoms with Crippen LogP contribution in [0.15, 0.2) is 35.8 Å². The van der Waals surface area contributed by atoms with Crippen LogP contribution in [0.2, 0.25) is 0 Å². The topological polar surface area (TPSA) is 51.0 Å². The molecule has 3 aromatic rings. The smallest absolute Gasteiger partial charge is 0.263 e. The lowest BCUT2D eigenvalue weighted by molar-refractivity contribution is 0.0711. The molecule has 1 saturated heterocycles. The summed E-state index contributed by atoms with van der Waals surface area (Å²) in [4.78, 5) is 19.8. The summed E-state index contributed by atoms with van der Waals surface area (Å²) >= 11 is 1.51. The van der Waals surface area contributed by atoms with Gasteiger partial charge in [0.1, 0.15) is 0 Å². The predicted molar refractivity (Wildman–Crippen MR) is 90.7 cm³/mol. The van der Waals surface area contributed by atoms with Gasteiger partial charge in [-0.1, -0.05) is 6.07 Å². The maximum absolute atomic E-state index is 12.6. The zero-order chi connectivity index (χ0) is 15.8. The van der Waals surface area contributed by atoms with Crippen LogP contribution in [0.4, 0.5) is 0 Å². The molecule has 1 aliphatic rings. The summed E-state index contributed by atoms with van der Waals surface area (Å²) in [6.07, 6.45) is 3.87. The van der Waals surface area contributed by atoms with Crippen LogP contribution in [-0.2, 0) is 7.05 Å². The minimum absolute atomic E-state index is 0.142. The standard InChI is InChI=1S/C17H18N4OS/c1-20-16-13(6-2-8-18-16)15(19-20)12-5-3-9-21(11-12)17(22)14-7-4-10-23-14/h2,4,6-8,10,12H,3,5,9,11H2,1H3/t12-/m1/s1. The molecule has 4 heterocycles. The Kier molecular flexibility index (Phi) is 3.61. The number of piperidine rings is 1. The van der Waals surface area contributed by atoms with E-state index in [9.17, 15) is 4.79 Å². The van der Waals surface area contributed by atoms with E-state index in [2.05, 4.69) is 16.1 Å². The SMILES string of the molecule is Cn1nc([C@@H]2CCCN(C(=O)c3cccs3)C2)c2cccnc21. The average molecular weight is 326 g/mol. The molecule has 0 saturated carbocycles. The number of carbonyl (C=O) groups excluding carboxylic acids is 1. The Morgan fingerprint density at radius 1 is 1.35 bits per heavy atom. The molecule has 0 bridgehead atoms. The summed E-state index contributed by atoms with van der Waals surface area (Å²) in [5.74, 6) is 0.420. The Bertz CT molecular complexity index is 840. The maximum Gasteiger partial charge on any atom is 0.263 e. The molecule has 1 amide bonds. The van der Waals surface area contributed by atoms with E-state index in [1.807, 2.05) is 40.2 Å². The summed E-state index contributed by atoms with van der Waals surface area (Å²) in [7, 11) is 1.93. The number of hydrogen-bond acceptors (Lipinski definition) is 4. The van der Waals surface area contributed by atoms with Crippen LogP contribution in [0.1, 0.15) is 34.1 Å².